The summed E-state index contributed by atoms with van der Waals surface area (Å²) in [7, 11) is 0. The van der Waals surface area contributed by atoms with Gasteiger partial charge in [0, 0.05) is 10.8 Å². The van der Waals surface area contributed by atoms with Crippen molar-refractivity contribution in [2.24, 2.45) is 0 Å². The van der Waals surface area contributed by atoms with Gasteiger partial charge in [-0.1, -0.05) is 38.1 Å². The number of hydrogen-bond donors (Lipinski definition) is 0. The molecule has 0 N–H and O–H groups in total. The first-order chi connectivity index (χ1) is 6.65. The summed E-state index contributed by atoms with van der Waals surface area (Å²) in [6, 6.07) is 8.02. The van der Waals surface area contributed by atoms with Crippen LogP contribution in [0.25, 0.3) is 11.0 Å². The van der Waals surface area contributed by atoms with Gasteiger partial charge in [0.25, 0.3) is 0 Å². The van der Waals surface area contributed by atoms with E-state index in [1.165, 1.54) is 0 Å². The van der Waals surface area contributed by atoms with E-state index < -0.39 is 0 Å². The van der Waals surface area contributed by atoms with E-state index in [0.717, 1.165) is 23.1 Å². The minimum atomic E-state index is 0.0899. The fraction of sp³-hybridized carbons (Fsp3) is 0.417. The maximum absolute atomic E-state index is 5.29. The van der Waals surface area contributed by atoms with Gasteiger partial charge < -0.3 is 4.52 Å². The zero-order valence-corrected chi connectivity index (χ0v) is 8.87. The molecule has 0 atom stereocenters. The van der Waals surface area contributed by atoms with Crippen molar-refractivity contribution in [3.8, 4) is 0 Å². The van der Waals surface area contributed by atoms with Gasteiger partial charge in [0.1, 0.15) is 0 Å². The van der Waals surface area contributed by atoms with Crippen LogP contribution in [-0.4, -0.2) is 5.16 Å². The molecule has 2 aromatic rings. The Morgan fingerprint density at radius 2 is 2.00 bits per heavy atom. The molecule has 1 aromatic carbocycles. The lowest BCUT2D eigenvalue weighted by molar-refractivity contribution is 0.402. The molecular weight excluding hydrogens is 174 g/mol. The van der Waals surface area contributed by atoms with E-state index in [9.17, 15) is 0 Å². The van der Waals surface area contributed by atoms with Gasteiger partial charge in [0.15, 0.2) is 5.58 Å². The third-order valence-corrected chi connectivity index (χ3v) is 2.90. The maximum Gasteiger partial charge on any atom is 0.167 e. The molecule has 2 rings (SSSR count). The number of fused-ring (bicyclic) bond motifs is 1. The van der Waals surface area contributed by atoms with Crippen LogP contribution in [0.15, 0.2) is 28.8 Å². The molecule has 0 saturated heterocycles. The second-order valence-electron chi connectivity index (χ2n) is 4.26. The minimum absolute atomic E-state index is 0.0899. The minimum Gasteiger partial charge on any atom is -0.356 e. The van der Waals surface area contributed by atoms with Gasteiger partial charge in [-0.25, -0.2) is 0 Å². The zero-order chi connectivity index (χ0) is 10.2. The molecule has 14 heavy (non-hydrogen) atoms. The summed E-state index contributed by atoms with van der Waals surface area (Å²) in [5.74, 6) is 0. The van der Waals surface area contributed by atoms with Gasteiger partial charge >= 0.3 is 0 Å². The highest BCUT2D eigenvalue weighted by Crippen LogP contribution is 2.31. The van der Waals surface area contributed by atoms with Crippen LogP contribution in [0.4, 0.5) is 0 Å². The lowest BCUT2D eigenvalue weighted by atomic mass is 9.85. The van der Waals surface area contributed by atoms with Crippen molar-refractivity contribution in [2.45, 2.75) is 32.6 Å². The highest BCUT2D eigenvalue weighted by molar-refractivity contribution is 5.80. The number of aromatic nitrogens is 1. The summed E-state index contributed by atoms with van der Waals surface area (Å²) in [5, 5.41) is 5.30. The van der Waals surface area contributed by atoms with Crippen LogP contribution in [0.2, 0.25) is 0 Å². The van der Waals surface area contributed by atoms with E-state index >= 15 is 0 Å². The largest absolute Gasteiger partial charge is 0.356 e. The average molecular weight is 189 g/mol. The van der Waals surface area contributed by atoms with Crippen molar-refractivity contribution in [2.75, 3.05) is 0 Å². The SMILES string of the molecule is CCC(C)(C)c1noc2ccccc12. The summed E-state index contributed by atoms with van der Waals surface area (Å²) in [6.45, 7) is 6.55. The maximum atomic E-state index is 5.29. The van der Waals surface area contributed by atoms with Crippen LogP contribution in [0.5, 0.6) is 0 Å². The van der Waals surface area contributed by atoms with Crippen molar-refractivity contribution >= 4 is 11.0 Å². The molecule has 0 aliphatic carbocycles. The molecule has 74 valence electrons. The molecular formula is C12H15NO. The molecule has 2 nitrogen and oxygen atoms in total. The lowest BCUT2D eigenvalue weighted by Crippen LogP contribution is -2.16. The Hall–Kier alpha value is -1.31. The lowest BCUT2D eigenvalue weighted by Gasteiger charge is -2.19. The van der Waals surface area contributed by atoms with Crippen LogP contribution in [0, 0.1) is 0 Å². The molecule has 0 amide bonds. The molecule has 2 heteroatoms. The van der Waals surface area contributed by atoms with Crippen molar-refractivity contribution in [3.63, 3.8) is 0 Å². The standard InChI is InChI=1S/C12H15NO/c1-4-12(2,3)11-9-7-5-6-8-10(9)14-13-11/h5-8H,4H2,1-3H3. The number of nitrogens with zero attached hydrogens (tertiary/aromatic N) is 1. The number of hydrogen-bond acceptors (Lipinski definition) is 2. The number of benzene rings is 1. The van der Waals surface area contributed by atoms with Gasteiger partial charge in [-0.2, -0.15) is 0 Å². The van der Waals surface area contributed by atoms with E-state index in [-0.39, 0.29) is 5.41 Å². The molecule has 0 aliphatic rings. The smallest absolute Gasteiger partial charge is 0.167 e. The first-order valence-electron chi connectivity index (χ1n) is 5.00. The second-order valence-corrected chi connectivity index (χ2v) is 4.26. The summed E-state index contributed by atoms with van der Waals surface area (Å²) in [5.41, 5.74) is 2.03. The predicted octanol–water partition coefficient (Wildman–Crippen LogP) is 3.52. The van der Waals surface area contributed by atoms with Crippen LogP contribution in [0.1, 0.15) is 32.9 Å². The first kappa shape index (κ1) is 9.25. The van der Waals surface area contributed by atoms with Gasteiger partial charge in [-0.05, 0) is 18.6 Å². The molecule has 0 unspecified atom stereocenters. The van der Waals surface area contributed by atoms with Crippen molar-refractivity contribution in [1.82, 2.24) is 5.16 Å². The Kier molecular flexibility index (Phi) is 2.06. The van der Waals surface area contributed by atoms with Gasteiger partial charge in [-0.3, -0.25) is 0 Å². The Morgan fingerprint density at radius 1 is 1.29 bits per heavy atom. The van der Waals surface area contributed by atoms with E-state index in [1.54, 1.807) is 0 Å². The molecule has 1 heterocycles. The third kappa shape index (κ3) is 1.31. The van der Waals surface area contributed by atoms with E-state index in [4.69, 9.17) is 4.52 Å². The Morgan fingerprint density at radius 3 is 2.71 bits per heavy atom. The summed E-state index contributed by atoms with van der Waals surface area (Å²) in [6.07, 6.45) is 1.06. The van der Waals surface area contributed by atoms with E-state index in [1.807, 2.05) is 18.2 Å². The molecule has 0 aliphatic heterocycles. The summed E-state index contributed by atoms with van der Waals surface area (Å²) in [4.78, 5) is 0. The third-order valence-electron chi connectivity index (χ3n) is 2.90. The van der Waals surface area contributed by atoms with Crippen LogP contribution in [-0.2, 0) is 5.41 Å². The van der Waals surface area contributed by atoms with Crippen LogP contribution in [0.3, 0.4) is 0 Å². The average Bonchev–Trinajstić information content (AvgIpc) is 2.61. The normalized spacial score (nSPS) is 12.2. The Bertz CT molecular complexity index is 442. The Balaban J connectivity index is 2.64. The fourth-order valence-electron chi connectivity index (χ4n) is 1.54. The molecule has 0 fully saturated rings. The molecule has 0 spiro atoms. The fourth-order valence-corrected chi connectivity index (χ4v) is 1.54. The highest BCUT2D eigenvalue weighted by Gasteiger charge is 2.24. The van der Waals surface area contributed by atoms with Crippen molar-refractivity contribution < 1.29 is 4.52 Å². The molecule has 0 saturated carbocycles. The first-order valence-corrected chi connectivity index (χ1v) is 5.00. The predicted molar refractivity (Wildman–Crippen MR) is 57.3 cm³/mol. The topological polar surface area (TPSA) is 26.0 Å². The van der Waals surface area contributed by atoms with Gasteiger partial charge in [-0.15, -0.1) is 0 Å². The molecule has 1 aromatic heterocycles. The zero-order valence-electron chi connectivity index (χ0n) is 8.87. The molecule has 0 radical (unpaired) electrons. The second kappa shape index (κ2) is 3.12. The van der Waals surface area contributed by atoms with Crippen LogP contribution >= 0.6 is 0 Å². The van der Waals surface area contributed by atoms with Crippen LogP contribution < -0.4 is 0 Å². The Labute approximate surface area is 83.9 Å². The summed E-state index contributed by atoms with van der Waals surface area (Å²) >= 11 is 0. The summed E-state index contributed by atoms with van der Waals surface area (Å²) < 4.78 is 5.29. The van der Waals surface area contributed by atoms with Crippen molar-refractivity contribution in [1.29, 1.82) is 0 Å². The quantitative estimate of drug-likeness (QED) is 0.722. The van der Waals surface area contributed by atoms with Crippen molar-refractivity contribution in [3.05, 3.63) is 30.0 Å². The number of para-hydroxylation sites is 1. The monoisotopic (exact) mass is 189 g/mol. The van der Waals surface area contributed by atoms with E-state index in [0.29, 0.717) is 0 Å². The van der Waals surface area contributed by atoms with E-state index in [2.05, 4.69) is 32.0 Å². The van der Waals surface area contributed by atoms with Gasteiger partial charge in [0.2, 0.25) is 0 Å². The highest BCUT2D eigenvalue weighted by atomic mass is 16.5. The molecule has 0 bridgehead atoms. The number of rotatable bonds is 2. The van der Waals surface area contributed by atoms with Gasteiger partial charge in [0.05, 0.1) is 5.69 Å².